The van der Waals surface area contributed by atoms with Crippen molar-refractivity contribution in [2.24, 2.45) is 0 Å². The zero-order valence-corrected chi connectivity index (χ0v) is 16.7. The van der Waals surface area contributed by atoms with Crippen LogP contribution in [0.25, 0.3) is 0 Å². The first-order chi connectivity index (χ1) is 13.7. The Morgan fingerprint density at radius 1 is 0.679 bits per heavy atom. The van der Waals surface area contributed by atoms with E-state index in [1.54, 1.807) is 0 Å². The maximum absolute atomic E-state index is 13.0. The van der Waals surface area contributed by atoms with Gasteiger partial charge in [0.15, 0.2) is 0 Å². The number of para-hydroxylation sites is 2. The monoisotopic (exact) mass is 378 g/mol. The molecule has 2 aliphatic rings. The zero-order valence-electron chi connectivity index (χ0n) is 16.7. The first-order valence-corrected chi connectivity index (χ1v) is 10.4. The summed E-state index contributed by atoms with van der Waals surface area (Å²) in [6.45, 7) is 9.33. The Labute approximate surface area is 168 Å². The Bertz CT molecular complexity index is 751. The number of hydrogen-bond donors (Lipinski definition) is 0. The number of amides is 1. The van der Waals surface area contributed by atoms with E-state index >= 15 is 0 Å². The summed E-state index contributed by atoms with van der Waals surface area (Å²) in [5.41, 5.74) is 2.53. The number of benzene rings is 2. The molecule has 0 bridgehead atoms. The molecule has 2 saturated heterocycles. The van der Waals surface area contributed by atoms with Crippen LogP contribution in [0.4, 0.5) is 11.4 Å². The second-order valence-electron chi connectivity index (χ2n) is 7.68. The minimum Gasteiger partial charge on any atom is -0.369 e. The molecular weight excluding hydrogens is 348 g/mol. The Kier molecular flexibility index (Phi) is 5.81. The van der Waals surface area contributed by atoms with Crippen molar-refractivity contribution in [3.05, 3.63) is 60.7 Å². The molecule has 0 N–H and O–H groups in total. The van der Waals surface area contributed by atoms with Crippen molar-refractivity contribution in [2.45, 2.75) is 13.0 Å². The molecule has 0 saturated carbocycles. The average molecular weight is 379 g/mol. The predicted molar refractivity (Wildman–Crippen MR) is 115 cm³/mol. The van der Waals surface area contributed by atoms with Gasteiger partial charge in [-0.3, -0.25) is 9.69 Å². The molecule has 0 aromatic heterocycles. The number of carbonyl (C=O) groups is 1. The first kappa shape index (κ1) is 18.8. The summed E-state index contributed by atoms with van der Waals surface area (Å²) in [5, 5.41) is 0. The molecular formula is C23H30N4O. The van der Waals surface area contributed by atoms with Crippen molar-refractivity contribution in [1.82, 2.24) is 9.80 Å². The molecule has 148 valence electrons. The van der Waals surface area contributed by atoms with Crippen molar-refractivity contribution >= 4 is 17.3 Å². The molecule has 1 atom stereocenters. The van der Waals surface area contributed by atoms with E-state index in [4.69, 9.17) is 0 Å². The lowest BCUT2D eigenvalue weighted by molar-refractivity contribution is -0.136. The van der Waals surface area contributed by atoms with Gasteiger partial charge in [0.25, 0.3) is 0 Å². The molecule has 0 unspecified atom stereocenters. The van der Waals surface area contributed by atoms with Crippen LogP contribution in [0.3, 0.4) is 0 Å². The third-order valence-electron chi connectivity index (χ3n) is 6.05. The maximum atomic E-state index is 13.0. The molecule has 2 heterocycles. The van der Waals surface area contributed by atoms with Gasteiger partial charge in [0, 0.05) is 63.7 Å². The normalized spacial score (nSPS) is 19.5. The highest BCUT2D eigenvalue weighted by Gasteiger charge is 2.30. The molecule has 2 aromatic rings. The summed E-state index contributed by atoms with van der Waals surface area (Å²) in [6, 6.07) is 21.0. The van der Waals surface area contributed by atoms with Gasteiger partial charge < -0.3 is 14.7 Å². The Balaban J connectivity index is 1.27. The second-order valence-corrected chi connectivity index (χ2v) is 7.68. The molecule has 0 spiro atoms. The van der Waals surface area contributed by atoms with Gasteiger partial charge in [-0.05, 0) is 31.2 Å². The zero-order chi connectivity index (χ0) is 19.3. The van der Waals surface area contributed by atoms with Crippen molar-refractivity contribution < 1.29 is 4.79 Å². The number of carbonyl (C=O) groups excluding carboxylic acids is 1. The van der Waals surface area contributed by atoms with Gasteiger partial charge >= 0.3 is 0 Å². The molecule has 28 heavy (non-hydrogen) atoms. The van der Waals surface area contributed by atoms with Crippen molar-refractivity contribution in [3.63, 3.8) is 0 Å². The van der Waals surface area contributed by atoms with Gasteiger partial charge in [0.05, 0.1) is 6.04 Å². The van der Waals surface area contributed by atoms with Crippen LogP contribution in [-0.4, -0.2) is 74.1 Å². The molecule has 0 aliphatic carbocycles. The van der Waals surface area contributed by atoms with E-state index in [9.17, 15) is 4.79 Å². The number of piperazine rings is 2. The van der Waals surface area contributed by atoms with E-state index in [1.807, 2.05) is 11.0 Å². The average Bonchev–Trinajstić information content (AvgIpc) is 2.79. The molecule has 1 amide bonds. The van der Waals surface area contributed by atoms with E-state index in [-0.39, 0.29) is 11.9 Å². The van der Waals surface area contributed by atoms with E-state index in [0.717, 1.165) is 52.4 Å². The van der Waals surface area contributed by atoms with Gasteiger partial charge in [-0.15, -0.1) is 0 Å². The van der Waals surface area contributed by atoms with Gasteiger partial charge in [0.2, 0.25) is 5.91 Å². The topological polar surface area (TPSA) is 30.0 Å². The number of nitrogens with zero attached hydrogens (tertiary/aromatic N) is 4. The number of hydrogen-bond acceptors (Lipinski definition) is 4. The fraction of sp³-hybridized carbons (Fsp3) is 0.435. The summed E-state index contributed by atoms with van der Waals surface area (Å²) in [5.74, 6) is 0.279. The number of anilines is 2. The highest BCUT2D eigenvalue weighted by Crippen LogP contribution is 2.19. The molecule has 2 fully saturated rings. The van der Waals surface area contributed by atoms with Crippen LogP contribution in [0.2, 0.25) is 0 Å². The van der Waals surface area contributed by atoms with Gasteiger partial charge in [-0.25, -0.2) is 0 Å². The first-order valence-electron chi connectivity index (χ1n) is 10.4. The van der Waals surface area contributed by atoms with Crippen LogP contribution in [0, 0.1) is 0 Å². The Morgan fingerprint density at radius 3 is 1.57 bits per heavy atom. The fourth-order valence-corrected chi connectivity index (χ4v) is 4.25. The lowest BCUT2D eigenvalue weighted by atomic mass is 10.1. The fourth-order valence-electron chi connectivity index (χ4n) is 4.25. The van der Waals surface area contributed by atoms with Crippen molar-refractivity contribution in [1.29, 1.82) is 0 Å². The summed E-state index contributed by atoms with van der Waals surface area (Å²) >= 11 is 0. The SMILES string of the molecule is C[C@@H](C(=O)N1CCN(c2ccccc2)CC1)N1CCN(c2ccccc2)CC1. The van der Waals surface area contributed by atoms with Crippen LogP contribution in [0.15, 0.2) is 60.7 Å². The Morgan fingerprint density at radius 2 is 1.11 bits per heavy atom. The van der Waals surface area contributed by atoms with Crippen LogP contribution >= 0.6 is 0 Å². The standard InChI is InChI=1S/C23H30N4O/c1-20(24-12-14-25(15-13-24)21-8-4-2-5-9-21)23(28)27-18-16-26(17-19-27)22-10-6-3-7-11-22/h2-11,20H,12-19H2,1H3/t20-/m0/s1. The molecule has 5 heteroatoms. The third-order valence-corrected chi connectivity index (χ3v) is 6.05. The van der Waals surface area contributed by atoms with E-state index < -0.39 is 0 Å². The molecule has 2 aliphatic heterocycles. The van der Waals surface area contributed by atoms with Crippen LogP contribution in [-0.2, 0) is 4.79 Å². The van der Waals surface area contributed by atoms with E-state index in [1.165, 1.54) is 11.4 Å². The lowest BCUT2D eigenvalue weighted by Crippen LogP contribution is -2.57. The molecule has 5 nitrogen and oxygen atoms in total. The largest absolute Gasteiger partial charge is 0.369 e. The van der Waals surface area contributed by atoms with Crippen LogP contribution in [0.1, 0.15) is 6.92 Å². The highest BCUT2D eigenvalue weighted by molar-refractivity contribution is 5.81. The van der Waals surface area contributed by atoms with E-state index in [2.05, 4.69) is 76.2 Å². The summed E-state index contributed by atoms with van der Waals surface area (Å²) in [7, 11) is 0. The summed E-state index contributed by atoms with van der Waals surface area (Å²) < 4.78 is 0. The van der Waals surface area contributed by atoms with Crippen molar-refractivity contribution in [2.75, 3.05) is 62.2 Å². The minimum atomic E-state index is -0.0406. The van der Waals surface area contributed by atoms with Crippen LogP contribution < -0.4 is 9.80 Å². The van der Waals surface area contributed by atoms with Gasteiger partial charge in [-0.1, -0.05) is 36.4 Å². The quantitative estimate of drug-likeness (QED) is 0.818. The van der Waals surface area contributed by atoms with E-state index in [0.29, 0.717) is 0 Å². The molecule has 2 aromatic carbocycles. The predicted octanol–water partition coefficient (Wildman–Crippen LogP) is 2.55. The van der Waals surface area contributed by atoms with Gasteiger partial charge in [0.1, 0.15) is 0 Å². The Hall–Kier alpha value is -2.53. The molecule has 4 rings (SSSR count). The minimum absolute atomic E-state index is 0.0406. The lowest BCUT2D eigenvalue weighted by Gasteiger charge is -2.42. The van der Waals surface area contributed by atoms with Gasteiger partial charge in [-0.2, -0.15) is 0 Å². The smallest absolute Gasteiger partial charge is 0.239 e. The summed E-state index contributed by atoms with van der Waals surface area (Å²) in [4.78, 5) is 22.2. The second kappa shape index (κ2) is 8.65. The van der Waals surface area contributed by atoms with Crippen LogP contribution in [0.5, 0.6) is 0 Å². The number of rotatable bonds is 4. The molecule has 0 radical (unpaired) electrons. The third kappa shape index (κ3) is 4.14. The van der Waals surface area contributed by atoms with Crippen molar-refractivity contribution in [3.8, 4) is 0 Å². The summed E-state index contributed by atoms with van der Waals surface area (Å²) in [6.07, 6.45) is 0. The maximum Gasteiger partial charge on any atom is 0.239 e. The highest BCUT2D eigenvalue weighted by atomic mass is 16.2.